The first kappa shape index (κ1) is 16.3. The van der Waals surface area contributed by atoms with Crippen LogP contribution in [0.2, 0.25) is 0 Å². The van der Waals surface area contributed by atoms with Crippen LogP contribution < -0.4 is 24.7 Å². The molecule has 23 heavy (non-hydrogen) atoms. The first-order valence-electron chi connectivity index (χ1n) is 5.59. The Morgan fingerprint density at radius 2 is 0.913 bits per heavy atom. The first-order valence-corrected chi connectivity index (χ1v) is 5.59. The smallest absolute Gasteiger partial charge is 0.272 e. The molecule has 2 rings (SSSR count). The van der Waals surface area contributed by atoms with Crippen molar-refractivity contribution in [1.82, 2.24) is 0 Å². The van der Waals surface area contributed by atoms with Gasteiger partial charge in [0.25, 0.3) is 17.2 Å². The Bertz CT molecular complexity index is 660. The molecule has 0 bridgehead atoms. The van der Waals surface area contributed by atoms with Crippen LogP contribution in [0.25, 0.3) is 11.1 Å². The van der Waals surface area contributed by atoms with Crippen molar-refractivity contribution in [2.24, 2.45) is 0 Å². The zero-order valence-corrected chi connectivity index (χ0v) is 10.7. The van der Waals surface area contributed by atoms with E-state index in [2.05, 4.69) is 24.7 Å². The minimum atomic E-state index is -1.52. The summed E-state index contributed by atoms with van der Waals surface area (Å²) in [6.45, 7) is 0. The van der Waals surface area contributed by atoms with Gasteiger partial charge in [-0.3, -0.25) is 24.7 Å². The minimum Gasteiger partial charge on any atom is -0.508 e. The second-order valence-corrected chi connectivity index (χ2v) is 3.95. The van der Waals surface area contributed by atoms with Gasteiger partial charge < -0.3 is 5.11 Å². The van der Waals surface area contributed by atoms with Gasteiger partial charge in [0.1, 0.15) is 5.75 Å². The van der Waals surface area contributed by atoms with Gasteiger partial charge in [-0.05, 0) is 17.7 Å². The second kappa shape index (κ2) is 6.77. The van der Waals surface area contributed by atoms with Gasteiger partial charge in [0, 0.05) is 22.6 Å². The average Bonchev–Trinajstić information content (AvgIpc) is 2.59. The van der Waals surface area contributed by atoms with Gasteiger partial charge in [0.05, 0.1) is 5.56 Å². The molecule has 2 aromatic rings. The van der Waals surface area contributed by atoms with E-state index in [0.717, 1.165) is 24.3 Å². The summed E-state index contributed by atoms with van der Waals surface area (Å²) in [4.78, 5) is 16.1. The fraction of sp³-hybridized carbons (Fsp3) is 0. The first-order chi connectivity index (χ1) is 11.1. The van der Waals surface area contributed by atoms with Crippen molar-refractivity contribution in [3.05, 3.63) is 24.3 Å². The molecule has 0 aromatic heterocycles. The Labute approximate surface area is 123 Å². The lowest BCUT2D eigenvalue weighted by molar-refractivity contribution is -0.0735. The molecule has 0 radical (unpaired) electrons. The predicted molar refractivity (Wildman–Crippen MR) is 62.2 cm³/mol. The zero-order valence-electron chi connectivity index (χ0n) is 10.7. The minimum absolute atomic E-state index is 0.162. The van der Waals surface area contributed by atoms with Crippen LogP contribution in [-0.2, 0) is 0 Å². The van der Waals surface area contributed by atoms with Gasteiger partial charge in [-0.2, -0.15) is 0 Å². The molecule has 0 spiro atoms. The van der Waals surface area contributed by atoms with Crippen LogP contribution in [0.1, 0.15) is 0 Å². The van der Waals surface area contributed by atoms with Gasteiger partial charge in [-0.1, -0.05) is 12.1 Å². The molecule has 0 unspecified atom stereocenters. The SMILES string of the molecule is Oc1ccc(-c2c(OF)c(OF)c(OF)c(OF)c2OF)cc1. The molecule has 0 aliphatic carbocycles. The molecule has 124 valence electrons. The van der Waals surface area contributed by atoms with Crippen molar-refractivity contribution in [3.8, 4) is 45.6 Å². The Balaban J connectivity index is 2.90. The molecule has 0 fully saturated rings. The van der Waals surface area contributed by atoms with Gasteiger partial charge >= 0.3 is 0 Å². The van der Waals surface area contributed by atoms with Crippen LogP contribution in [0, 0.1) is 0 Å². The van der Waals surface area contributed by atoms with Crippen LogP contribution in [-0.4, -0.2) is 5.11 Å². The van der Waals surface area contributed by atoms with Gasteiger partial charge in [0.15, 0.2) is 0 Å². The van der Waals surface area contributed by atoms with Crippen molar-refractivity contribution in [3.63, 3.8) is 0 Å². The molecule has 0 aliphatic rings. The highest BCUT2D eigenvalue weighted by Crippen LogP contribution is 2.58. The van der Waals surface area contributed by atoms with Crippen LogP contribution in [0.15, 0.2) is 24.3 Å². The fourth-order valence-corrected chi connectivity index (χ4v) is 1.89. The summed E-state index contributed by atoms with van der Waals surface area (Å²) >= 11 is 0. The van der Waals surface area contributed by atoms with Gasteiger partial charge in [-0.15, -0.1) is 0 Å². The maximum Gasteiger partial charge on any atom is 0.272 e. The third kappa shape index (κ3) is 2.67. The lowest BCUT2D eigenvalue weighted by atomic mass is 10.0. The summed E-state index contributed by atoms with van der Waals surface area (Å²) in [6, 6.07) is 4.31. The number of hydrogen-bond acceptors (Lipinski definition) is 6. The lowest BCUT2D eigenvalue weighted by Crippen LogP contribution is -1.98. The molecule has 0 atom stereocenters. The molecular formula is C12H5F5O6. The highest BCUT2D eigenvalue weighted by atomic mass is 19.3. The van der Waals surface area contributed by atoms with E-state index in [1.807, 2.05) is 0 Å². The van der Waals surface area contributed by atoms with E-state index in [0.29, 0.717) is 0 Å². The molecule has 11 heteroatoms. The maximum atomic E-state index is 12.8. The molecule has 1 N–H and O–H groups in total. The zero-order chi connectivity index (χ0) is 17.0. The van der Waals surface area contributed by atoms with Crippen molar-refractivity contribution in [2.75, 3.05) is 0 Å². The summed E-state index contributed by atoms with van der Waals surface area (Å²) in [6.07, 6.45) is 0. The number of halogens is 5. The number of benzene rings is 2. The fourth-order valence-electron chi connectivity index (χ4n) is 1.89. The van der Waals surface area contributed by atoms with Crippen LogP contribution in [0.5, 0.6) is 34.5 Å². The van der Waals surface area contributed by atoms with Crippen molar-refractivity contribution in [1.29, 1.82) is 0 Å². The molecule has 6 nitrogen and oxygen atoms in total. The quantitative estimate of drug-likeness (QED) is 0.788. The lowest BCUT2D eigenvalue weighted by Gasteiger charge is -2.14. The molecule has 0 saturated carbocycles. The standard InChI is InChI=1S/C12H5F5O6/c13-19-8-7(5-1-3-6(18)4-2-5)9(20-14)11(22-16)12(23-17)10(8)21-15/h1-4,18H. The Morgan fingerprint density at radius 1 is 0.565 bits per heavy atom. The van der Waals surface area contributed by atoms with Crippen molar-refractivity contribution < 1.29 is 52.4 Å². The van der Waals surface area contributed by atoms with E-state index in [9.17, 15) is 27.7 Å². The Hall–Kier alpha value is -3.11. The number of hydrogen-bond donors (Lipinski definition) is 1. The third-order valence-corrected chi connectivity index (χ3v) is 2.82. The normalized spacial score (nSPS) is 10.1. The number of phenols is 1. The summed E-state index contributed by atoms with van der Waals surface area (Å²) in [5, 5.41) is 9.19. The number of aromatic hydroxyl groups is 1. The summed E-state index contributed by atoms with van der Waals surface area (Å²) in [5.74, 6) is -7.07. The average molecular weight is 340 g/mol. The highest BCUT2D eigenvalue weighted by molar-refractivity contribution is 5.86. The van der Waals surface area contributed by atoms with E-state index >= 15 is 0 Å². The Morgan fingerprint density at radius 3 is 1.26 bits per heavy atom. The molecule has 0 amide bonds. The van der Waals surface area contributed by atoms with Gasteiger partial charge in [0.2, 0.25) is 11.5 Å². The van der Waals surface area contributed by atoms with Crippen LogP contribution >= 0.6 is 0 Å². The van der Waals surface area contributed by atoms with E-state index < -0.39 is 34.3 Å². The third-order valence-electron chi connectivity index (χ3n) is 2.82. The van der Waals surface area contributed by atoms with Crippen LogP contribution in [0.3, 0.4) is 0 Å². The number of phenolic OH excluding ortho intramolecular Hbond substituents is 1. The topological polar surface area (TPSA) is 66.4 Å². The predicted octanol–water partition coefficient (Wildman–Crippen LogP) is 4.38. The van der Waals surface area contributed by atoms with E-state index in [4.69, 9.17) is 0 Å². The molecule has 0 aliphatic heterocycles. The summed E-state index contributed by atoms with van der Waals surface area (Å²) in [5.41, 5.74) is -0.916. The maximum absolute atomic E-state index is 12.8. The molecule has 2 aromatic carbocycles. The molecule has 0 saturated heterocycles. The number of rotatable bonds is 6. The van der Waals surface area contributed by atoms with Crippen molar-refractivity contribution >= 4 is 0 Å². The van der Waals surface area contributed by atoms with Crippen molar-refractivity contribution in [2.45, 2.75) is 0 Å². The molecular weight excluding hydrogens is 335 g/mol. The van der Waals surface area contributed by atoms with E-state index in [-0.39, 0.29) is 11.3 Å². The molecule has 0 heterocycles. The van der Waals surface area contributed by atoms with Gasteiger partial charge in [-0.25, -0.2) is 0 Å². The monoisotopic (exact) mass is 340 g/mol. The summed E-state index contributed by atoms with van der Waals surface area (Å²) in [7, 11) is 0. The Kier molecular flexibility index (Phi) is 4.79. The largest absolute Gasteiger partial charge is 0.508 e. The van der Waals surface area contributed by atoms with Crippen LogP contribution in [0.4, 0.5) is 22.6 Å². The van der Waals surface area contributed by atoms with E-state index in [1.54, 1.807) is 0 Å². The van der Waals surface area contributed by atoms with E-state index in [1.165, 1.54) is 0 Å². The highest BCUT2D eigenvalue weighted by Gasteiger charge is 2.35. The summed E-state index contributed by atoms with van der Waals surface area (Å²) < 4.78 is 63.2. The second-order valence-electron chi connectivity index (χ2n) is 3.95.